The van der Waals surface area contributed by atoms with Gasteiger partial charge in [-0.1, -0.05) is 0 Å². The maximum atomic E-state index is 12.6. The molecule has 1 aliphatic heterocycles. The van der Waals surface area contributed by atoms with E-state index in [0.29, 0.717) is 35.7 Å². The highest BCUT2D eigenvalue weighted by Crippen LogP contribution is 2.25. The number of amides is 1. The van der Waals surface area contributed by atoms with Gasteiger partial charge in [-0.15, -0.1) is 12.4 Å². The average Bonchev–Trinajstić information content (AvgIpc) is 2.71. The fourth-order valence-corrected chi connectivity index (χ4v) is 4.00. The van der Waals surface area contributed by atoms with Gasteiger partial charge in [-0.05, 0) is 69.8 Å². The first kappa shape index (κ1) is 23.2. The Morgan fingerprint density at radius 3 is 2.69 bits per heavy atom. The molecule has 0 saturated carbocycles. The summed E-state index contributed by atoms with van der Waals surface area (Å²) in [7, 11) is 3.55. The summed E-state index contributed by atoms with van der Waals surface area (Å²) in [6.07, 6.45) is 4.04. The van der Waals surface area contributed by atoms with Crippen molar-refractivity contribution < 1.29 is 13.9 Å². The summed E-state index contributed by atoms with van der Waals surface area (Å²) in [5.74, 6) is 1.47. The van der Waals surface area contributed by atoms with E-state index >= 15 is 0 Å². The maximum Gasteiger partial charge on any atom is 0.339 e. The van der Waals surface area contributed by atoms with E-state index in [-0.39, 0.29) is 23.9 Å². The van der Waals surface area contributed by atoms with Crippen molar-refractivity contribution >= 4 is 29.3 Å². The van der Waals surface area contributed by atoms with Crippen LogP contribution in [-0.2, 0) is 11.2 Å². The smallest absolute Gasteiger partial charge is 0.339 e. The molecule has 1 N–H and O–H groups in total. The van der Waals surface area contributed by atoms with Crippen LogP contribution in [-0.4, -0.2) is 44.6 Å². The third-order valence-corrected chi connectivity index (χ3v) is 5.85. The fraction of sp³-hybridized carbons (Fsp3) is 0.545. The number of hydrogen-bond acceptors (Lipinski definition) is 5. The zero-order valence-corrected chi connectivity index (χ0v) is 18.3. The molecule has 0 aliphatic carbocycles. The topological polar surface area (TPSA) is 71.8 Å². The Morgan fingerprint density at radius 2 is 2.03 bits per heavy atom. The summed E-state index contributed by atoms with van der Waals surface area (Å²) < 4.78 is 10.7. The van der Waals surface area contributed by atoms with Crippen LogP contribution in [0.3, 0.4) is 0 Å². The Bertz CT molecular complexity index is 888. The van der Waals surface area contributed by atoms with Gasteiger partial charge in [-0.25, -0.2) is 4.79 Å². The largest absolute Gasteiger partial charge is 0.497 e. The van der Waals surface area contributed by atoms with Gasteiger partial charge in [0.25, 0.3) is 0 Å². The molecule has 0 spiro atoms. The molecule has 160 valence electrons. The number of nitrogens with zero attached hydrogens (tertiary/aromatic N) is 1. The van der Waals surface area contributed by atoms with Crippen LogP contribution >= 0.6 is 12.4 Å². The number of hydrogen-bond donors (Lipinski definition) is 1. The SMILES string of the molecule is CNCCC1CCN(C(=O)CCc2c(C)c3ccc(OC)cc3oc2=O)CC1.Cl. The number of nitrogens with one attached hydrogen (secondary N) is 1. The second kappa shape index (κ2) is 10.6. The molecule has 0 unspecified atom stereocenters. The van der Waals surface area contributed by atoms with Gasteiger partial charge in [0.15, 0.2) is 0 Å². The number of carbonyl (C=O) groups is 1. The molecule has 29 heavy (non-hydrogen) atoms. The number of carbonyl (C=O) groups excluding carboxylic acids is 1. The Labute approximate surface area is 178 Å². The van der Waals surface area contributed by atoms with Gasteiger partial charge in [-0.3, -0.25) is 4.79 Å². The molecule has 0 radical (unpaired) electrons. The average molecular weight is 423 g/mol. The minimum absolute atomic E-state index is 0. The van der Waals surface area contributed by atoms with Crippen LogP contribution < -0.4 is 15.7 Å². The summed E-state index contributed by atoms with van der Waals surface area (Å²) in [6.45, 7) is 4.58. The lowest BCUT2D eigenvalue weighted by Crippen LogP contribution is -2.39. The van der Waals surface area contributed by atoms with Crippen molar-refractivity contribution in [2.24, 2.45) is 5.92 Å². The molecule has 1 fully saturated rings. The molecule has 1 aromatic carbocycles. The number of methoxy groups -OCH3 is 1. The molecular weight excluding hydrogens is 392 g/mol. The van der Waals surface area contributed by atoms with E-state index in [9.17, 15) is 9.59 Å². The standard InChI is InChI=1S/C22H30N2O4.ClH/c1-15-18-5-4-17(27-3)14-20(18)28-22(26)19(15)6-7-21(25)24-12-9-16(10-13-24)8-11-23-2;/h4-5,14,16,23H,6-13H2,1-3H3;1H. The lowest BCUT2D eigenvalue weighted by Gasteiger charge is -2.32. The number of halogens is 1. The quantitative estimate of drug-likeness (QED) is 0.693. The van der Waals surface area contributed by atoms with Gasteiger partial charge in [0.2, 0.25) is 5.91 Å². The van der Waals surface area contributed by atoms with E-state index in [1.807, 2.05) is 31.0 Å². The third kappa shape index (κ3) is 5.52. The molecule has 6 nitrogen and oxygen atoms in total. The zero-order chi connectivity index (χ0) is 20.1. The Morgan fingerprint density at radius 1 is 1.31 bits per heavy atom. The molecule has 1 aliphatic rings. The van der Waals surface area contributed by atoms with E-state index in [0.717, 1.165) is 43.4 Å². The van der Waals surface area contributed by atoms with Gasteiger partial charge >= 0.3 is 5.63 Å². The van der Waals surface area contributed by atoms with Crippen molar-refractivity contribution in [3.05, 3.63) is 39.7 Å². The molecule has 1 aromatic heterocycles. The van der Waals surface area contributed by atoms with Crippen molar-refractivity contribution in [1.82, 2.24) is 10.2 Å². The second-order valence-electron chi connectivity index (χ2n) is 7.57. The van der Waals surface area contributed by atoms with Crippen molar-refractivity contribution in [2.75, 3.05) is 33.8 Å². The summed E-state index contributed by atoms with van der Waals surface area (Å²) >= 11 is 0. The molecule has 7 heteroatoms. The molecule has 0 atom stereocenters. The van der Waals surface area contributed by atoms with Crippen molar-refractivity contribution in [3.8, 4) is 5.75 Å². The number of piperidine rings is 1. The predicted octanol–water partition coefficient (Wildman–Crippen LogP) is 3.31. The number of fused-ring (bicyclic) bond motifs is 1. The number of ether oxygens (including phenoxy) is 1. The summed E-state index contributed by atoms with van der Waals surface area (Å²) in [6, 6.07) is 5.47. The van der Waals surface area contributed by atoms with Gasteiger partial charge in [0.1, 0.15) is 11.3 Å². The molecule has 2 heterocycles. The van der Waals surface area contributed by atoms with Crippen molar-refractivity contribution in [3.63, 3.8) is 0 Å². The molecule has 1 saturated heterocycles. The highest BCUT2D eigenvalue weighted by Gasteiger charge is 2.23. The lowest BCUT2D eigenvalue weighted by molar-refractivity contribution is -0.132. The summed E-state index contributed by atoms with van der Waals surface area (Å²) in [5, 5.41) is 4.07. The Balaban J connectivity index is 0.00000300. The van der Waals surface area contributed by atoms with E-state index in [1.165, 1.54) is 6.42 Å². The lowest BCUT2D eigenvalue weighted by atomic mass is 9.93. The minimum atomic E-state index is -0.364. The maximum absolute atomic E-state index is 12.6. The first-order valence-corrected chi connectivity index (χ1v) is 10.1. The molecular formula is C22H31ClN2O4. The van der Waals surface area contributed by atoms with Gasteiger partial charge in [0, 0.05) is 36.5 Å². The van der Waals surface area contributed by atoms with Crippen molar-refractivity contribution in [2.45, 2.75) is 39.0 Å². The van der Waals surface area contributed by atoms with Crippen LogP contribution in [0.4, 0.5) is 0 Å². The molecule has 1 amide bonds. The normalized spacial score (nSPS) is 14.7. The number of rotatable bonds is 7. The van der Waals surface area contributed by atoms with Crippen LogP contribution in [0.2, 0.25) is 0 Å². The van der Waals surface area contributed by atoms with Crippen LogP contribution in [0, 0.1) is 12.8 Å². The van der Waals surface area contributed by atoms with Crippen LogP contribution in [0.25, 0.3) is 11.0 Å². The highest BCUT2D eigenvalue weighted by atomic mass is 35.5. The summed E-state index contributed by atoms with van der Waals surface area (Å²) in [4.78, 5) is 27.0. The van der Waals surface area contributed by atoms with E-state index in [4.69, 9.17) is 9.15 Å². The molecule has 0 bridgehead atoms. The third-order valence-electron chi connectivity index (χ3n) is 5.85. The first-order chi connectivity index (χ1) is 13.5. The van der Waals surface area contributed by atoms with Gasteiger partial charge in [-0.2, -0.15) is 0 Å². The van der Waals surface area contributed by atoms with Crippen LogP contribution in [0.5, 0.6) is 5.75 Å². The number of benzene rings is 1. The van der Waals surface area contributed by atoms with E-state index < -0.39 is 0 Å². The van der Waals surface area contributed by atoms with Gasteiger partial charge < -0.3 is 19.4 Å². The summed E-state index contributed by atoms with van der Waals surface area (Å²) in [5.41, 5.74) is 1.62. The fourth-order valence-electron chi connectivity index (χ4n) is 4.00. The second-order valence-corrected chi connectivity index (χ2v) is 7.57. The minimum Gasteiger partial charge on any atom is -0.497 e. The Kier molecular flexibility index (Phi) is 8.53. The molecule has 3 rings (SSSR count). The zero-order valence-electron chi connectivity index (χ0n) is 17.5. The van der Waals surface area contributed by atoms with Crippen LogP contribution in [0.1, 0.15) is 36.8 Å². The predicted molar refractivity (Wildman–Crippen MR) is 117 cm³/mol. The van der Waals surface area contributed by atoms with E-state index in [2.05, 4.69) is 5.32 Å². The van der Waals surface area contributed by atoms with Crippen molar-refractivity contribution in [1.29, 1.82) is 0 Å². The van der Waals surface area contributed by atoms with Crippen LogP contribution in [0.15, 0.2) is 27.4 Å². The monoisotopic (exact) mass is 422 g/mol. The number of likely N-dealkylation sites (tertiary alicyclic amines) is 1. The number of aryl methyl sites for hydroxylation is 1. The van der Waals surface area contributed by atoms with Gasteiger partial charge in [0.05, 0.1) is 7.11 Å². The Hall–Kier alpha value is -2.05. The molecule has 2 aromatic rings. The first-order valence-electron chi connectivity index (χ1n) is 10.1. The highest BCUT2D eigenvalue weighted by molar-refractivity contribution is 5.85. The van der Waals surface area contributed by atoms with E-state index in [1.54, 1.807) is 13.2 Å².